The van der Waals surface area contributed by atoms with E-state index in [1.54, 1.807) is 37.3 Å². The number of methoxy groups -OCH3 is 1. The summed E-state index contributed by atoms with van der Waals surface area (Å²) < 4.78 is 33.1. The van der Waals surface area contributed by atoms with Gasteiger partial charge in [0.05, 0.1) is 17.7 Å². The van der Waals surface area contributed by atoms with Crippen LogP contribution in [0.5, 0.6) is 5.75 Å². The van der Waals surface area contributed by atoms with E-state index in [1.807, 2.05) is 32.0 Å². The van der Waals surface area contributed by atoms with Crippen LogP contribution in [0.4, 0.5) is 11.4 Å². The van der Waals surface area contributed by atoms with Gasteiger partial charge in [-0.1, -0.05) is 43.3 Å². The molecule has 6 nitrogen and oxygen atoms in total. The van der Waals surface area contributed by atoms with E-state index in [-0.39, 0.29) is 10.8 Å². The smallest absolute Gasteiger partial charge is 0.264 e. The van der Waals surface area contributed by atoms with Crippen molar-refractivity contribution in [3.05, 3.63) is 82.9 Å². The number of para-hydroxylation sites is 3. The van der Waals surface area contributed by atoms with Crippen LogP contribution in [-0.2, 0) is 16.4 Å². The molecule has 0 aliphatic carbocycles. The number of amides is 1. The number of hydrogen-bond acceptors (Lipinski definition) is 4. The van der Waals surface area contributed by atoms with Crippen molar-refractivity contribution < 1.29 is 17.9 Å². The number of aryl methyl sites for hydroxylation is 3. The van der Waals surface area contributed by atoms with Crippen molar-refractivity contribution in [3.8, 4) is 5.75 Å². The molecule has 0 atom stereocenters. The number of hydrogen-bond donors (Lipinski definition) is 1. The van der Waals surface area contributed by atoms with Gasteiger partial charge in [0.25, 0.3) is 15.9 Å². The first-order chi connectivity index (χ1) is 15.2. The summed E-state index contributed by atoms with van der Waals surface area (Å²) in [5.74, 6) is 0.0961. The molecule has 0 heterocycles. The number of rotatable bonds is 7. The molecule has 3 rings (SSSR count). The van der Waals surface area contributed by atoms with Crippen LogP contribution in [0.3, 0.4) is 0 Å². The van der Waals surface area contributed by atoms with Gasteiger partial charge in [-0.05, 0) is 61.2 Å². The van der Waals surface area contributed by atoms with Gasteiger partial charge in [0.1, 0.15) is 5.75 Å². The topological polar surface area (TPSA) is 75.7 Å². The van der Waals surface area contributed by atoms with E-state index in [4.69, 9.17) is 4.74 Å². The Morgan fingerprint density at radius 1 is 1.00 bits per heavy atom. The highest BCUT2D eigenvalue weighted by atomic mass is 32.2. The van der Waals surface area contributed by atoms with E-state index >= 15 is 0 Å². The number of anilines is 2. The van der Waals surface area contributed by atoms with Gasteiger partial charge in [-0.25, -0.2) is 8.42 Å². The average molecular weight is 453 g/mol. The fourth-order valence-electron chi connectivity index (χ4n) is 3.57. The highest BCUT2D eigenvalue weighted by molar-refractivity contribution is 7.92. The third kappa shape index (κ3) is 4.48. The Bertz CT molecular complexity index is 1250. The maximum atomic E-state index is 13.3. The Morgan fingerprint density at radius 3 is 2.41 bits per heavy atom. The molecule has 0 aliphatic rings. The molecule has 168 valence electrons. The summed E-state index contributed by atoms with van der Waals surface area (Å²) in [6.45, 7) is 5.75. The zero-order valence-corrected chi connectivity index (χ0v) is 19.8. The number of nitrogens with zero attached hydrogens (tertiary/aromatic N) is 1. The second-order valence-corrected chi connectivity index (χ2v) is 9.51. The SMILES string of the molecule is CCc1cccc(C)c1NC(=O)c1cc(S(=O)(=O)N(C)c2ccccc2OC)ccc1C. The molecule has 0 unspecified atom stereocenters. The quantitative estimate of drug-likeness (QED) is 0.550. The minimum atomic E-state index is -3.92. The van der Waals surface area contributed by atoms with Crippen LogP contribution in [0.15, 0.2) is 65.6 Å². The zero-order valence-electron chi connectivity index (χ0n) is 19.0. The van der Waals surface area contributed by atoms with Crippen molar-refractivity contribution >= 4 is 27.3 Å². The molecule has 0 saturated heterocycles. The lowest BCUT2D eigenvalue weighted by Crippen LogP contribution is -2.27. The van der Waals surface area contributed by atoms with Crippen LogP contribution in [0, 0.1) is 13.8 Å². The first-order valence-electron chi connectivity index (χ1n) is 10.3. The van der Waals surface area contributed by atoms with Crippen molar-refractivity contribution in [3.63, 3.8) is 0 Å². The minimum absolute atomic E-state index is 0.0298. The summed E-state index contributed by atoms with van der Waals surface area (Å²) in [6, 6.07) is 17.3. The summed E-state index contributed by atoms with van der Waals surface area (Å²) in [7, 11) is -0.962. The molecule has 0 saturated carbocycles. The van der Waals surface area contributed by atoms with Crippen molar-refractivity contribution in [1.29, 1.82) is 0 Å². The summed E-state index contributed by atoms with van der Waals surface area (Å²) in [6.07, 6.45) is 0.772. The monoisotopic (exact) mass is 452 g/mol. The molecule has 0 spiro atoms. The van der Waals surface area contributed by atoms with E-state index in [2.05, 4.69) is 5.32 Å². The zero-order chi connectivity index (χ0) is 23.5. The van der Waals surface area contributed by atoms with E-state index in [0.29, 0.717) is 22.6 Å². The molecule has 3 aromatic carbocycles. The predicted octanol–water partition coefficient (Wildman–Crippen LogP) is 4.95. The molecule has 1 N–H and O–H groups in total. The summed E-state index contributed by atoms with van der Waals surface area (Å²) in [4.78, 5) is 13.2. The lowest BCUT2D eigenvalue weighted by molar-refractivity contribution is 0.102. The highest BCUT2D eigenvalue weighted by Crippen LogP contribution is 2.31. The number of carbonyl (C=O) groups excluding carboxylic acids is 1. The molecule has 32 heavy (non-hydrogen) atoms. The molecular formula is C25H28N2O4S. The number of nitrogens with one attached hydrogen (secondary N) is 1. The minimum Gasteiger partial charge on any atom is -0.495 e. The Kier molecular flexibility index (Phi) is 6.89. The van der Waals surface area contributed by atoms with Crippen molar-refractivity contribution in [1.82, 2.24) is 0 Å². The fraction of sp³-hybridized carbons (Fsp3) is 0.240. The largest absolute Gasteiger partial charge is 0.495 e. The molecule has 0 aliphatic heterocycles. The third-order valence-corrected chi connectivity index (χ3v) is 7.28. The molecule has 0 bridgehead atoms. The van der Waals surface area contributed by atoms with E-state index in [1.165, 1.54) is 26.3 Å². The van der Waals surface area contributed by atoms with Gasteiger partial charge >= 0.3 is 0 Å². The Labute approximate surface area is 189 Å². The number of sulfonamides is 1. The number of ether oxygens (including phenoxy) is 1. The van der Waals surface area contributed by atoms with Gasteiger partial charge in [0.2, 0.25) is 0 Å². The molecule has 1 amide bonds. The number of carbonyl (C=O) groups is 1. The van der Waals surface area contributed by atoms with Crippen LogP contribution in [0.25, 0.3) is 0 Å². The molecular weight excluding hydrogens is 424 g/mol. The second-order valence-electron chi connectivity index (χ2n) is 7.54. The van der Waals surface area contributed by atoms with Crippen molar-refractivity contribution in [2.24, 2.45) is 0 Å². The van der Waals surface area contributed by atoms with Crippen LogP contribution >= 0.6 is 0 Å². The highest BCUT2D eigenvalue weighted by Gasteiger charge is 2.25. The van der Waals surface area contributed by atoms with Crippen molar-refractivity contribution in [2.45, 2.75) is 32.1 Å². The normalized spacial score (nSPS) is 11.2. The molecule has 0 fully saturated rings. The van der Waals surface area contributed by atoms with E-state index < -0.39 is 10.0 Å². The second kappa shape index (κ2) is 9.44. The first-order valence-corrected chi connectivity index (χ1v) is 11.8. The maximum Gasteiger partial charge on any atom is 0.264 e. The fourth-order valence-corrected chi connectivity index (χ4v) is 4.80. The lowest BCUT2D eigenvalue weighted by atomic mass is 10.0. The van der Waals surface area contributed by atoms with E-state index in [9.17, 15) is 13.2 Å². The maximum absolute atomic E-state index is 13.3. The van der Waals surface area contributed by atoms with Crippen LogP contribution in [0.1, 0.15) is 34.0 Å². The standard InChI is InChI=1S/C25H28N2O4S/c1-6-19-11-9-10-18(3)24(19)26-25(28)21-16-20(15-14-17(21)2)32(29,30)27(4)22-12-7-8-13-23(22)31-5/h7-16H,6H2,1-5H3,(H,26,28). The number of benzene rings is 3. The van der Waals surface area contributed by atoms with E-state index in [0.717, 1.165) is 27.5 Å². The van der Waals surface area contributed by atoms with Crippen LogP contribution in [0.2, 0.25) is 0 Å². The van der Waals surface area contributed by atoms with Gasteiger partial charge in [0, 0.05) is 18.3 Å². The Hall–Kier alpha value is -3.32. The molecule has 7 heteroatoms. The Balaban J connectivity index is 1.99. The summed E-state index contributed by atoms with van der Waals surface area (Å²) >= 11 is 0. The summed E-state index contributed by atoms with van der Waals surface area (Å²) in [5.41, 5.74) is 4.15. The predicted molar refractivity (Wildman–Crippen MR) is 128 cm³/mol. The molecule has 0 aromatic heterocycles. The Morgan fingerprint density at radius 2 is 1.72 bits per heavy atom. The van der Waals surface area contributed by atoms with Gasteiger partial charge in [0.15, 0.2) is 0 Å². The summed E-state index contributed by atoms with van der Waals surface area (Å²) in [5, 5.41) is 2.98. The van der Waals surface area contributed by atoms with Gasteiger partial charge in [-0.3, -0.25) is 9.10 Å². The van der Waals surface area contributed by atoms with Crippen LogP contribution < -0.4 is 14.4 Å². The van der Waals surface area contributed by atoms with Gasteiger partial charge < -0.3 is 10.1 Å². The van der Waals surface area contributed by atoms with Crippen LogP contribution in [-0.4, -0.2) is 28.5 Å². The third-order valence-electron chi connectivity index (χ3n) is 5.51. The first kappa shape index (κ1) is 23.3. The lowest BCUT2D eigenvalue weighted by Gasteiger charge is -2.22. The molecule has 0 radical (unpaired) electrons. The molecule has 3 aromatic rings. The van der Waals surface area contributed by atoms with Crippen molar-refractivity contribution in [2.75, 3.05) is 23.8 Å². The average Bonchev–Trinajstić information content (AvgIpc) is 2.79. The van der Waals surface area contributed by atoms with Gasteiger partial charge in [-0.2, -0.15) is 0 Å². The van der Waals surface area contributed by atoms with Gasteiger partial charge in [-0.15, -0.1) is 0 Å².